The van der Waals surface area contributed by atoms with Crippen molar-refractivity contribution >= 4 is 5.91 Å². The van der Waals surface area contributed by atoms with Crippen LogP contribution in [0.25, 0.3) is 0 Å². The summed E-state index contributed by atoms with van der Waals surface area (Å²) in [5.41, 5.74) is -0.418. The first-order chi connectivity index (χ1) is 10.3. The van der Waals surface area contributed by atoms with Gasteiger partial charge in [0.1, 0.15) is 5.54 Å². The van der Waals surface area contributed by atoms with Crippen molar-refractivity contribution in [2.45, 2.75) is 77.8 Å². The van der Waals surface area contributed by atoms with Gasteiger partial charge in [-0.3, -0.25) is 4.79 Å². The van der Waals surface area contributed by atoms with Crippen LogP contribution in [-0.4, -0.2) is 24.0 Å². The molecule has 124 valence electrons. The standard InChI is InChI=1S/C18H31N3O/c1-17(2,3)14-7-5-6-8-15(14)20-11-16(22)21-18(4,12-19)13-9-10-13/h13-15,20H,5-11H2,1-4H3,(H,21,22). The molecule has 0 heterocycles. The van der Waals surface area contributed by atoms with E-state index in [1.54, 1.807) is 0 Å². The third-order valence-electron chi connectivity index (χ3n) is 5.43. The normalized spacial score (nSPS) is 28.5. The predicted molar refractivity (Wildman–Crippen MR) is 88.1 cm³/mol. The van der Waals surface area contributed by atoms with Crippen molar-refractivity contribution in [2.24, 2.45) is 17.3 Å². The number of carbonyl (C=O) groups excluding carboxylic acids is 1. The van der Waals surface area contributed by atoms with Crippen molar-refractivity contribution in [2.75, 3.05) is 6.54 Å². The minimum absolute atomic E-state index is 0.0471. The second-order valence-corrected chi connectivity index (χ2v) is 8.38. The molecule has 0 aliphatic heterocycles. The van der Waals surface area contributed by atoms with Crippen LogP contribution < -0.4 is 10.6 Å². The van der Waals surface area contributed by atoms with Crippen LogP contribution in [0.4, 0.5) is 0 Å². The van der Waals surface area contributed by atoms with Gasteiger partial charge in [0.2, 0.25) is 5.91 Å². The molecule has 2 saturated carbocycles. The lowest BCUT2D eigenvalue weighted by atomic mass is 9.69. The molecule has 2 rings (SSSR count). The Morgan fingerprint density at radius 1 is 1.14 bits per heavy atom. The van der Waals surface area contributed by atoms with Gasteiger partial charge in [0.15, 0.2) is 0 Å². The maximum Gasteiger partial charge on any atom is 0.235 e. The minimum Gasteiger partial charge on any atom is -0.337 e. The summed E-state index contributed by atoms with van der Waals surface area (Å²) in [5, 5.41) is 15.7. The van der Waals surface area contributed by atoms with Gasteiger partial charge in [-0.05, 0) is 49.9 Å². The largest absolute Gasteiger partial charge is 0.337 e. The third kappa shape index (κ3) is 4.23. The Morgan fingerprint density at radius 3 is 2.32 bits per heavy atom. The summed E-state index contributed by atoms with van der Waals surface area (Å²) in [6, 6.07) is 2.69. The number of carbonyl (C=O) groups is 1. The summed E-state index contributed by atoms with van der Waals surface area (Å²) >= 11 is 0. The average molecular weight is 305 g/mol. The van der Waals surface area contributed by atoms with E-state index in [4.69, 9.17) is 0 Å². The van der Waals surface area contributed by atoms with Crippen LogP contribution in [0.1, 0.15) is 66.2 Å². The van der Waals surface area contributed by atoms with E-state index in [9.17, 15) is 10.1 Å². The first-order valence-corrected chi connectivity index (χ1v) is 8.72. The Kier molecular flexibility index (Phi) is 5.17. The van der Waals surface area contributed by atoms with Crippen molar-refractivity contribution in [3.05, 3.63) is 0 Å². The first kappa shape index (κ1) is 17.3. The molecule has 2 fully saturated rings. The zero-order valence-electron chi connectivity index (χ0n) is 14.5. The number of hydrogen-bond donors (Lipinski definition) is 2. The fraction of sp³-hybridized carbons (Fsp3) is 0.889. The summed E-state index contributed by atoms with van der Waals surface area (Å²) in [6.45, 7) is 9.04. The summed E-state index contributed by atoms with van der Waals surface area (Å²) in [7, 11) is 0. The maximum absolute atomic E-state index is 12.2. The van der Waals surface area contributed by atoms with Crippen LogP contribution >= 0.6 is 0 Å². The number of hydrogen-bond acceptors (Lipinski definition) is 3. The van der Waals surface area contributed by atoms with Gasteiger partial charge in [0, 0.05) is 6.04 Å². The van der Waals surface area contributed by atoms with Crippen molar-refractivity contribution in [3.63, 3.8) is 0 Å². The van der Waals surface area contributed by atoms with E-state index in [1.165, 1.54) is 19.3 Å². The number of rotatable bonds is 5. The van der Waals surface area contributed by atoms with Crippen LogP contribution in [0.15, 0.2) is 0 Å². The second-order valence-electron chi connectivity index (χ2n) is 8.38. The summed E-state index contributed by atoms with van der Waals surface area (Å²) in [5.74, 6) is 0.896. The van der Waals surface area contributed by atoms with Gasteiger partial charge >= 0.3 is 0 Å². The highest BCUT2D eigenvalue weighted by molar-refractivity contribution is 5.79. The lowest BCUT2D eigenvalue weighted by Crippen LogP contribution is -2.52. The molecule has 2 N–H and O–H groups in total. The number of amides is 1. The highest BCUT2D eigenvalue weighted by Crippen LogP contribution is 2.39. The summed E-state index contributed by atoms with van der Waals surface area (Å²) < 4.78 is 0. The molecular weight excluding hydrogens is 274 g/mol. The van der Waals surface area contributed by atoms with Gasteiger partial charge in [0.05, 0.1) is 12.6 Å². The number of nitriles is 1. The molecule has 2 aliphatic carbocycles. The van der Waals surface area contributed by atoms with E-state index >= 15 is 0 Å². The van der Waals surface area contributed by atoms with E-state index in [2.05, 4.69) is 37.5 Å². The monoisotopic (exact) mass is 305 g/mol. The van der Waals surface area contributed by atoms with E-state index < -0.39 is 5.54 Å². The summed E-state index contributed by atoms with van der Waals surface area (Å²) in [4.78, 5) is 12.2. The molecule has 0 aromatic heterocycles. The van der Waals surface area contributed by atoms with E-state index in [1.807, 2.05) is 6.92 Å². The molecule has 1 amide bonds. The van der Waals surface area contributed by atoms with Gasteiger partial charge < -0.3 is 10.6 Å². The number of nitrogens with zero attached hydrogens (tertiary/aromatic N) is 1. The van der Waals surface area contributed by atoms with Gasteiger partial charge in [-0.1, -0.05) is 33.6 Å². The van der Waals surface area contributed by atoms with Crippen molar-refractivity contribution in [1.82, 2.24) is 10.6 Å². The average Bonchev–Trinajstić information content (AvgIpc) is 3.29. The molecular formula is C18H31N3O. The quantitative estimate of drug-likeness (QED) is 0.820. The lowest BCUT2D eigenvalue weighted by molar-refractivity contribution is -0.122. The molecule has 0 aromatic rings. The molecule has 3 unspecified atom stereocenters. The smallest absolute Gasteiger partial charge is 0.235 e. The molecule has 0 bridgehead atoms. The molecule has 0 aromatic carbocycles. The molecule has 4 heteroatoms. The van der Waals surface area contributed by atoms with Gasteiger partial charge in [-0.25, -0.2) is 0 Å². The fourth-order valence-electron chi connectivity index (χ4n) is 3.85. The zero-order valence-corrected chi connectivity index (χ0v) is 14.5. The predicted octanol–water partition coefficient (Wildman–Crippen LogP) is 2.99. The van der Waals surface area contributed by atoms with Crippen LogP contribution in [0.2, 0.25) is 0 Å². The minimum atomic E-state index is -0.686. The molecule has 0 radical (unpaired) electrons. The highest BCUT2D eigenvalue weighted by Gasteiger charge is 2.43. The van der Waals surface area contributed by atoms with Gasteiger partial charge in [-0.15, -0.1) is 0 Å². The second kappa shape index (κ2) is 6.58. The van der Waals surface area contributed by atoms with E-state index in [0.29, 0.717) is 24.4 Å². The Bertz CT molecular complexity index is 444. The molecule has 2 aliphatic rings. The highest BCUT2D eigenvalue weighted by atomic mass is 16.2. The maximum atomic E-state index is 12.2. The molecule has 3 atom stereocenters. The third-order valence-corrected chi connectivity index (χ3v) is 5.43. The Labute approximate surface area is 135 Å². The first-order valence-electron chi connectivity index (χ1n) is 8.72. The molecule has 22 heavy (non-hydrogen) atoms. The van der Waals surface area contributed by atoms with Crippen LogP contribution in [-0.2, 0) is 4.79 Å². The van der Waals surface area contributed by atoms with Gasteiger partial charge in [0.25, 0.3) is 0 Å². The van der Waals surface area contributed by atoms with Crippen molar-refractivity contribution in [3.8, 4) is 6.07 Å². The molecule has 0 spiro atoms. The van der Waals surface area contributed by atoms with Crippen LogP contribution in [0.3, 0.4) is 0 Å². The van der Waals surface area contributed by atoms with Gasteiger partial charge in [-0.2, -0.15) is 5.26 Å². The van der Waals surface area contributed by atoms with E-state index in [0.717, 1.165) is 19.3 Å². The lowest BCUT2D eigenvalue weighted by Gasteiger charge is -2.41. The van der Waals surface area contributed by atoms with Crippen LogP contribution in [0.5, 0.6) is 0 Å². The topological polar surface area (TPSA) is 64.9 Å². The van der Waals surface area contributed by atoms with Crippen molar-refractivity contribution in [1.29, 1.82) is 5.26 Å². The SMILES string of the molecule is CC(C)(C)C1CCCCC1NCC(=O)NC(C)(C#N)C1CC1. The summed E-state index contributed by atoms with van der Waals surface area (Å²) in [6.07, 6.45) is 7.01. The van der Waals surface area contributed by atoms with Crippen LogP contribution in [0, 0.1) is 28.6 Å². The Morgan fingerprint density at radius 2 is 1.77 bits per heavy atom. The zero-order chi connectivity index (χ0) is 16.4. The molecule has 0 saturated heterocycles. The Balaban J connectivity index is 1.86. The Hall–Kier alpha value is -1.08. The van der Waals surface area contributed by atoms with E-state index in [-0.39, 0.29) is 11.3 Å². The number of nitrogens with one attached hydrogen (secondary N) is 2. The fourth-order valence-corrected chi connectivity index (χ4v) is 3.85. The van der Waals surface area contributed by atoms with Crippen molar-refractivity contribution < 1.29 is 4.79 Å². The molecule has 4 nitrogen and oxygen atoms in total.